The molecule has 0 fully saturated rings. The second kappa shape index (κ2) is 13.6. The van der Waals surface area contributed by atoms with E-state index >= 15 is 0 Å². The molecule has 12 nitrogen and oxygen atoms in total. The second-order valence-electron chi connectivity index (χ2n) is 10.0. The number of nitrogens with one attached hydrogen (secondary N) is 4. The minimum atomic E-state index is -0.429. The Morgan fingerprint density at radius 3 is 1.31 bits per heavy atom. The molecule has 42 heavy (non-hydrogen) atoms. The first-order chi connectivity index (χ1) is 20.2. The zero-order chi connectivity index (χ0) is 30.2. The van der Waals surface area contributed by atoms with E-state index in [1.807, 2.05) is 60.7 Å². The number of anilines is 2. The number of hydrogen-bond donors (Lipinski definition) is 4. The Morgan fingerprint density at radius 2 is 0.952 bits per heavy atom. The number of para-hydroxylation sites is 2. The van der Waals surface area contributed by atoms with E-state index in [4.69, 9.17) is 0 Å². The monoisotopic (exact) mass is 574 g/mol. The molecule has 0 saturated heterocycles. The Hall–Kier alpha value is -5.00. The van der Waals surface area contributed by atoms with Crippen molar-refractivity contribution in [3.8, 4) is 11.4 Å². The van der Waals surface area contributed by atoms with Crippen LogP contribution in [-0.4, -0.2) is 43.9 Å². The molecule has 0 bridgehead atoms. The van der Waals surface area contributed by atoms with E-state index in [0.29, 0.717) is 24.5 Å². The molecule has 222 valence electrons. The second-order valence-corrected chi connectivity index (χ2v) is 10.0. The highest BCUT2D eigenvalue weighted by Gasteiger charge is 2.19. The van der Waals surface area contributed by atoms with Gasteiger partial charge < -0.3 is 21.3 Å². The summed E-state index contributed by atoms with van der Waals surface area (Å²) < 4.78 is 6.45. The number of unbranched alkanes of at least 4 members (excludes halogenated alkanes) is 3. The van der Waals surface area contributed by atoms with Gasteiger partial charge in [0, 0.05) is 27.2 Å². The Kier molecular flexibility index (Phi) is 9.69. The fraction of sp³-hybridized carbons (Fsp3) is 0.333. The van der Waals surface area contributed by atoms with Crippen molar-refractivity contribution in [3.63, 3.8) is 0 Å². The van der Waals surface area contributed by atoms with Gasteiger partial charge in [-0.15, -0.1) is 0 Å². The highest BCUT2D eigenvalue weighted by atomic mass is 16.2. The van der Waals surface area contributed by atoms with Crippen LogP contribution in [-0.2, 0) is 14.1 Å². The largest absolute Gasteiger partial charge is 0.338 e. The van der Waals surface area contributed by atoms with Crippen LogP contribution in [0.3, 0.4) is 0 Å². The summed E-state index contributed by atoms with van der Waals surface area (Å²) in [7, 11) is 3.55. The van der Waals surface area contributed by atoms with Crippen molar-refractivity contribution in [2.24, 2.45) is 14.1 Å². The summed E-state index contributed by atoms with van der Waals surface area (Å²) in [6.45, 7) is 4.48. The molecule has 12 heteroatoms. The van der Waals surface area contributed by atoms with E-state index in [0.717, 1.165) is 37.1 Å². The van der Waals surface area contributed by atoms with Gasteiger partial charge in [0.05, 0.1) is 22.8 Å². The number of nitrogens with zero attached hydrogens (tertiary/aromatic N) is 4. The van der Waals surface area contributed by atoms with Crippen molar-refractivity contribution < 1.29 is 9.59 Å². The van der Waals surface area contributed by atoms with Crippen LogP contribution in [0.15, 0.2) is 70.3 Å². The van der Waals surface area contributed by atoms with Gasteiger partial charge in [-0.2, -0.15) is 0 Å². The Labute approximate surface area is 243 Å². The third-order valence-corrected chi connectivity index (χ3v) is 7.26. The molecule has 4 amide bonds. The van der Waals surface area contributed by atoms with E-state index < -0.39 is 12.1 Å². The molecule has 2 aromatic heterocycles. The molecule has 0 aliphatic rings. The van der Waals surface area contributed by atoms with Gasteiger partial charge in [-0.05, 0) is 51.0 Å². The number of carbonyl (C=O) groups excluding carboxylic acids is 2. The van der Waals surface area contributed by atoms with Crippen LogP contribution in [0.5, 0.6) is 0 Å². The van der Waals surface area contributed by atoms with E-state index in [1.54, 1.807) is 37.3 Å². The number of benzene rings is 2. The smallest absolute Gasteiger partial charge is 0.319 e. The molecule has 4 aromatic rings. The van der Waals surface area contributed by atoms with E-state index in [9.17, 15) is 19.2 Å². The Morgan fingerprint density at radius 1 is 0.595 bits per heavy atom. The van der Waals surface area contributed by atoms with Crippen LogP contribution < -0.4 is 32.4 Å². The van der Waals surface area contributed by atoms with Crippen LogP contribution in [0.1, 0.15) is 37.1 Å². The first-order valence-corrected chi connectivity index (χ1v) is 14.0. The first kappa shape index (κ1) is 30.0. The fourth-order valence-electron chi connectivity index (χ4n) is 4.75. The predicted molar refractivity (Wildman–Crippen MR) is 164 cm³/mol. The van der Waals surface area contributed by atoms with E-state index in [-0.39, 0.29) is 22.5 Å². The lowest BCUT2D eigenvalue weighted by Crippen LogP contribution is -2.32. The third kappa shape index (κ3) is 6.65. The summed E-state index contributed by atoms with van der Waals surface area (Å²) in [5, 5.41) is 11.0. The highest BCUT2D eigenvalue weighted by Crippen LogP contribution is 2.15. The van der Waals surface area contributed by atoms with Gasteiger partial charge in [-0.25, -0.2) is 19.0 Å². The summed E-state index contributed by atoms with van der Waals surface area (Å²) in [5.74, 6) is 0. The SMILES string of the molecule is Cc1c(NC(=O)NCCCCCCNC(=O)Nc2c(C)n(C)n(-c3ccccc3)c2=O)c(=O)n(-c2ccccc2)n1C. The quantitative estimate of drug-likeness (QED) is 0.203. The normalized spacial score (nSPS) is 10.9. The lowest BCUT2D eigenvalue weighted by molar-refractivity contribution is 0.250. The van der Waals surface area contributed by atoms with Crippen molar-refractivity contribution in [3.05, 3.63) is 92.8 Å². The molecule has 0 spiro atoms. The minimum absolute atomic E-state index is 0.243. The Balaban J connectivity index is 1.15. The molecule has 0 aliphatic carbocycles. The molecule has 0 atom stereocenters. The van der Waals surface area contributed by atoms with Gasteiger partial charge in [-0.3, -0.25) is 19.0 Å². The van der Waals surface area contributed by atoms with Crippen LogP contribution >= 0.6 is 0 Å². The standard InChI is InChI=1S/C30H38N8O4/c1-21-25(27(39)37(35(21)3)23-15-9-7-10-16-23)33-29(41)31-19-13-5-6-14-20-32-30(42)34-26-22(2)36(4)38(28(26)40)24-17-11-8-12-18-24/h7-12,15-18H,5-6,13-14,19-20H2,1-4H3,(H2,31,33,41)(H2,32,34,42). The molecule has 0 unspecified atom stereocenters. The molecular weight excluding hydrogens is 536 g/mol. The number of carbonyl (C=O) groups is 2. The van der Waals surface area contributed by atoms with Gasteiger partial charge in [0.15, 0.2) is 0 Å². The molecule has 0 radical (unpaired) electrons. The predicted octanol–water partition coefficient (Wildman–Crippen LogP) is 3.79. The summed E-state index contributed by atoms with van der Waals surface area (Å²) in [5.41, 5.74) is 2.64. The zero-order valence-corrected chi connectivity index (χ0v) is 24.4. The number of aromatic nitrogens is 4. The van der Waals surface area contributed by atoms with Crippen molar-refractivity contribution >= 4 is 23.4 Å². The number of hydrogen-bond acceptors (Lipinski definition) is 4. The minimum Gasteiger partial charge on any atom is -0.338 e. The zero-order valence-electron chi connectivity index (χ0n) is 24.4. The molecule has 2 heterocycles. The fourth-order valence-corrected chi connectivity index (χ4v) is 4.75. The van der Waals surface area contributed by atoms with Crippen LogP contribution in [0.4, 0.5) is 21.0 Å². The summed E-state index contributed by atoms with van der Waals surface area (Å²) in [6, 6.07) is 17.6. The number of rotatable bonds is 11. The van der Waals surface area contributed by atoms with Gasteiger partial charge in [0.1, 0.15) is 11.4 Å². The van der Waals surface area contributed by atoms with Crippen LogP contribution in [0.25, 0.3) is 11.4 Å². The maximum atomic E-state index is 12.9. The maximum Gasteiger partial charge on any atom is 0.319 e. The van der Waals surface area contributed by atoms with Gasteiger partial charge >= 0.3 is 12.1 Å². The molecule has 0 aliphatic heterocycles. The molecule has 4 N–H and O–H groups in total. The summed E-state index contributed by atoms with van der Waals surface area (Å²) >= 11 is 0. The van der Waals surface area contributed by atoms with E-state index in [2.05, 4.69) is 21.3 Å². The average Bonchev–Trinajstić information content (AvgIpc) is 3.33. The molecular formula is C30H38N8O4. The van der Waals surface area contributed by atoms with Crippen LogP contribution in [0, 0.1) is 13.8 Å². The highest BCUT2D eigenvalue weighted by molar-refractivity contribution is 5.90. The first-order valence-electron chi connectivity index (χ1n) is 14.0. The van der Waals surface area contributed by atoms with Crippen molar-refractivity contribution in [1.82, 2.24) is 29.4 Å². The maximum absolute atomic E-state index is 12.9. The number of amides is 4. The summed E-state index contributed by atoms with van der Waals surface area (Å²) in [4.78, 5) is 50.7. The molecule has 4 rings (SSSR count). The van der Waals surface area contributed by atoms with E-state index in [1.165, 1.54) is 9.36 Å². The van der Waals surface area contributed by atoms with Crippen molar-refractivity contribution in [1.29, 1.82) is 0 Å². The van der Waals surface area contributed by atoms with Crippen LogP contribution in [0.2, 0.25) is 0 Å². The van der Waals surface area contributed by atoms with Crippen molar-refractivity contribution in [2.75, 3.05) is 23.7 Å². The van der Waals surface area contributed by atoms with Gasteiger partial charge in [0.2, 0.25) is 0 Å². The lowest BCUT2D eigenvalue weighted by Gasteiger charge is -2.08. The van der Waals surface area contributed by atoms with Crippen molar-refractivity contribution in [2.45, 2.75) is 39.5 Å². The van der Waals surface area contributed by atoms with Gasteiger partial charge in [0.25, 0.3) is 11.1 Å². The Bertz CT molecular complexity index is 1520. The topological polar surface area (TPSA) is 136 Å². The summed E-state index contributed by atoms with van der Waals surface area (Å²) in [6.07, 6.45) is 3.22. The third-order valence-electron chi connectivity index (χ3n) is 7.26. The average molecular weight is 575 g/mol. The molecule has 2 aromatic carbocycles. The lowest BCUT2D eigenvalue weighted by atomic mass is 10.2. The van der Waals surface area contributed by atoms with Gasteiger partial charge in [-0.1, -0.05) is 49.2 Å². The molecule has 0 saturated carbocycles. The number of urea groups is 2.